The van der Waals surface area contributed by atoms with Crippen molar-refractivity contribution >= 4 is 11.7 Å². The molecule has 1 aromatic carbocycles. The Kier molecular flexibility index (Phi) is 3.92. The van der Waals surface area contributed by atoms with Gasteiger partial charge in [-0.15, -0.1) is 0 Å². The van der Waals surface area contributed by atoms with Crippen LogP contribution in [0.3, 0.4) is 0 Å². The van der Waals surface area contributed by atoms with Gasteiger partial charge in [0.1, 0.15) is 0 Å². The predicted molar refractivity (Wildman–Crippen MR) is 68.8 cm³/mol. The molecule has 110 valence electrons. The smallest absolute Gasteiger partial charge is 0.417 e. The Morgan fingerprint density at radius 3 is 2.55 bits per heavy atom. The molecule has 1 aromatic rings. The van der Waals surface area contributed by atoms with E-state index in [-0.39, 0.29) is 6.04 Å². The number of hydrogen-bond donors (Lipinski definition) is 2. The van der Waals surface area contributed by atoms with Gasteiger partial charge in [0.25, 0.3) is 0 Å². The van der Waals surface area contributed by atoms with Crippen LogP contribution in [0, 0.1) is 5.92 Å². The van der Waals surface area contributed by atoms with Crippen LogP contribution in [0.2, 0.25) is 0 Å². The van der Waals surface area contributed by atoms with E-state index in [1.807, 2.05) is 0 Å². The van der Waals surface area contributed by atoms with Gasteiger partial charge in [-0.1, -0.05) is 6.92 Å². The molecule has 3 nitrogen and oxygen atoms in total. The average molecular weight is 287 g/mol. The third-order valence-electron chi connectivity index (χ3n) is 3.62. The molecular formula is C14H16F3NO2. The van der Waals surface area contributed by atoms with Crippen LogP contribution in [0.4, 0.5) is 18.9 Å². The molecule has 0 bridgehead atoms. The van der Waals surface area contributed by atoms with Gasteiger partial charge in [-0.2, -0.15) is 13.2 Å². The van der Waals surface area contributed by atoms with Gasteiger partial charge in [-0.25, -0.2) is 4.79 Å². The summed E-state index contributed by atoms with van der Waals surface area (Å²) in [5.74, 6) is -1.01. The van der Waals surface area contributed by atoms with Gasteiger partial charge in [-0.05, 0) is 43.4 Å². The molecule has 1 aliphatic rings. The first-order chi connectivity index (χ1) is 9.27. The SMILES string of the molecule is CC1CCC(Nc2ccc(C(=O)O)c(C(F)(F)F)c2)C1. The number of nitrogens with one attached hydrogen (secondary N) is 1. The maximum Gasteiger partial charge on any atom is 0.417 e. The first-order valence-electron chi connectivity index (χ1n) is 6.48. The molecule has 20 heavy (non-hydrogen) atoms. The highest BCUT2D eigenvalue weighted by molar-refractivity contribution is 5.90. The molecule has 1 fully saturated rings. The van der Waals surface area contributed by atoms with Gasteiger partial charge < -0.3 is 10.4 Å². The third kappa shape index (κ3) is 3.23. The summed E-state index contributed by atoms with van der Waals surface area (Å²) in [6.45, 7) is 2.11. The molecule has 2 N–H and O–H groups in total. The van der Waals surface area contributed by atoms with Gasteiger partial charge in [0.2, 0.25) is 0 Å². The molecule has 1 aliphatic carbocycles. The Morgan fingerprint density at radius 1 is 1.35 bits per heavy atom. The standard InChI is InChI=1S/C14H16F3NO2/c1-8-2-3-9(6-8)18-10-4-5-11(13(19)20)12(7-10)14(15,16)17/h4-5,7-9,18H,2-3,6H2,1H3,(H,19,20). The van der Waals surface area contributed by atoms with Crippen LogP contribution in [0.1, 0.15) is 42.1 Å². The number of carboxylic acids is 1. The molecule has 0 aromatic heterocycles. The van der Waals surface area contributed by atoms with E-state index >= 15 is 0 Å². The van der Waals surface area contributed by atoms with Crippen LogP contribution < -0.4 is 5.32 Å². The van der Waals surface area contributed by atoms with E-state index < -0.39 is 23.3 Å². The summed E-state index contributed by atoms with van der Waals surface area (Å²) in [5, 5.41) is 11.9. The lowest BCUT2D eigenvalue weighted by Crippen LogP contribution is -2.18. The van der Waals surface area contributed by atoms with E-state index in [1.165, 1.54) is 6.07 Å². The molecular weight excluding hydrogens is 271 g/mol. The summed E-state index contributed by atoms with van der Waals surface area (Å²) in [5.41, 5.74) is -1.51. The molecule has 2 rings (SSSR count). The van der Waals surface area contributed by atoms with E-state index in [2.05, 4.69) is 12.2 Å². The summed E-state index contributed by atoms with van der Waals surface area (Å²) in [6.07, 6.45) is -1.78. The Morgan fingerprint density at radius 2 is 2.05 bits per heavy atom. The minimum atomic E-state index is -4.67. The zero-order valence-electron chi connectivity index (χ0n) is 11.0. The van der Waals surface area contributed by atoms with Crippen molar-refractivity contribution in [3.05, 3.63) is 29.3 Å². The molecule has 6 heteroatoms. The van der Waals surface area contributed by atoms with E-state index in [0.29, 0.717) is 11.6 Å². The van der Waals surface area contributed by atoms with Crippen LogP contribution in [-0.2, 0) is 6.18 Å². The quantitative estimate of drug-likeness (QED) is 0.883. The number of carboxylic acid groups (broad SMARTS) is 1. The summed E-state index contributed by atoms with van der Waals surface area (Å²) in [7, 11) is 0. The van der Waals surface area contributed by atoms with E-state index in [1.54, 1.807) is 0 Å². The lowest BCUT2D eigenvalue weighted by Gasteiger charge is -2.17. The number of rotatable bonds is 3. The Balaban J connectivity index is 2.25. The highest BCUT2D eigenvalue weighted by atomic mass is 19.4. The number of carbonyl (C=O) groups is 1. The minimum Gasteiger partial charge on any atom is -0.478 e. The van der Waals surface area contributed by atoms with Crippen LogP contribution in [0.25, 0.3) is 0 Å². The number of benzene rings is 1. The fraction of sp³-hybridized carbons (Fsp3) is 0.500. The Bertz CT molecular complexity index is 514. The second-order valence-corrected chi connectivity index (χ2v) is 5.32. The number of halogens is 3. The lowest BCUT2D eigenvalue weighted by molar-refractivity contribution is -0.138. The van der Waals surface area contributed by atoms with Gasteiger partial charge in [0, 0.05) is 11.7 Å². The van der Waals surface area contributed by atoms with E-state index in [9.17, 15) is 18.0 Å². The molecule has 0 heterocycles. The molecule has 0 saturated heterocycles. The van der Waals surface area contributed by atoms with Crippen LogP contribution >= 0.6 is 0 Å². The second kappa shape index (κ2) is 5.34. The zero-order chi connectivity index (χ0) is 14.9. The zero-order valence-corrected chi connectivity index (χ0v) is 11.0. The number of alkyl halides is 3. The first kappa shape index (κ1) is 14.7. The third-order valence-corrected chi connectivity index (χ3v) is 3.62. The van der Waals surface area contributed by atoms with Crippen molar-refractivity contribution in [1.29, 1.82) is 0 Å². The van der Waals surface area contributed by atoms with E-state index in [0.717, 1.165) is 31.4 Å². The van der Waals surface area contributed by atoms with Crippen LogP contribution in [-0.4, -0.2) is 17.1 Å². The maximum absolute atomic E-state index is 12.9. The topological polar surface area (TPSA) is 49.3 Å². The fourth-order valence-electron chi connectivity index (χ4n) is 2.63. The molecule has 2 unspecified atom stereocenters. The summed E-state index contributed by atoms with van der Waals surface area (Å²) >= 11 is 0. The number of hydrogen-bond acceptors (Lipinski definition) is 2. The number of aromatic carboxylic acids is 1. The monoisotopic (exact) mass is 287 g/mol. The normalized spacial score (nSPS) is 22.8. The molecule has 1 saturated carbocycles. The Hall–Kier alpha value is -1.72. The molecule has 2 atom stereocenters. The largest absolute Gasteiger partial charge is 0.478 e. The summed E-state index contributed by atoms with van der Waals surface area (Å²) < 4.78 is 38.6. The van der Waals surface area contributed by atoms with Crippen molar-refractivity contribution < 1.29 is 23.1 Å². The highest BCUT2D eigenvalue weighted by Gasteiger charge is 2.35. The maximum atomic E-state index is 12.9. The minimum absolute atomic E-state index is 0.154. The summed E-state index contributed by atoms with van der Waals surface area (Å²) in [6, 6.07) is 3.43. The lowest BCUT2D eigenvalue weighted by atomic mass is 10.1. The van der Waals surface area contributed by atoms with Crippen molar-refractivity contribution in [2.75, 3.05) is 5.32 Å². The summed E-state index contributed by atoms with van der Waals surface area (Å²) in [4.78, 5) is 10.8. The molecule has 0 radical (unpaired) electrons. The fourth-order valence-corrected chi connectivity index (χ4v) is 2.63. The van der Waals surface area contributed by atoms with Crippen molar-refractivity contribution in [1.82, 2.24) is 0 Å². The van der Waals surface area contributed by atoms with Gasteiger partial charge in [0.15, 0.2) is 0 Å². The molecule has 0 aliphatic heterocycles. The van der Waals surface area contributed by atoms with Gasteiger partial charge in [0.05, 0.1) is 11.1 Å². The van der Waals surface area contributed by atoms with Gasteiger partial charge >= 0.3 is 12.1 Å². The number of anilines is 1. The van der Waals surface area contributed by atoms with Crippen LogP contribution in [0.15, 0.2) is 18.2 Å². The van der Waals surface area contributed by atoms with Crippen molar-refractivity contribution in [2.45, 2.75) is 38.4 Å². The molecule has 0 amide bonds. The van der Waals surface area contributed by atoms with Crippen molar-refractivity contribution in [2.24, 2.45) is 5.92 Å². The van der Waals surface area contributed by atoms with Crippen molar-refractivity contribution in [3.63, 3.8) is 0 Å². The van der Waals surface area contributed by atoms with E-state index in [4.69, 9.17) is 5.11 Å². The molecule has 0 spiro atoms. The first-order valence-corrected chi connectivity index (χ1v) is 6.48. The predicted octanol–water partition coefficient (Wildman–Crippen LogP) is 4.00. The van der Waals surface area contributed by atoms with Crippen molar-refractivity contribution in [3.8, 4) is 0 Å². The van der Waals surface area contributed by atoms with Gasteiger partial charge in [-0.3, -0.25) is 0 Å². The average Bonchev–Trinajstić information content (AvgIpc) is 2.73. The second-order valence-electron chi connectivity index (χ2n) is 5.32. The Labute approximate surface area is 114 Å². The highest BCUT2D eigenvalue weighted by Crippen LogP contribution is 2.35. The van der Waals surface area contributed by atoms with Crippen LogP contribution in [0.5, 0.6) is 0 Å².